The summed E-state index contributed by atoms with van der Waals surface area (Å²) >= 11 is 20.0. The highest BCUT2D eigenvalue weighted by molar-refractivity contribution is 14.1. The Hall–Kier alpha value is -0.210. The number of hydrogen-bond acceptors (Lipinski definition) is 4. The molecule has 2 aromatic rings. The van der Waals surface area contributed by atoms with Crippen LogP contribution in [0.2, 0.25) is 15.2 Å². The first kappa shape index (κ1) is 15.2. The Morgan fingerprint density at radius 2 is 2.00 bits per heavy atom. The average Bonchev–Trinajstić information content (AvgIpc) is 2.35. The number of nitrogens with zero attached hydrogens (tertiary/aromatic N) is 3. The van der Waals surface area contributed by atoms with E-state index in [-0.39, 0.29) is 0 Å². The lowest BCUT2D eigenvalue weighted by molar-refractivity contribution is 0.181. The van der Waals surface area contributed by atoms with Gasteiger partial charge in [0.2, 0.25) is 0 Å². The van der Waals surface area contributed by atoms with E-state index in [1.165, 1.54) is 6.20 Å². The van der Waals surface area contributed by atoms with Crippen LogP contribution in [0.5, 0.6) is 0 Å². The van der Waals surface area contributed by atoms with Gasteiger partial charge in [0.1, 0.15) is 10.8 Å². The van der Waals surface area contributed by atoms with Crippen LogP contribution in [0.15, 0.2) is 12.3 Å². The highest BCUT2D eigenvalue weighted by Gasteiger charge is 2.15. The minimum Gasteiger partial charge on any atom is -0.378 e. The van der Waals surface area contributed by atoms with E-state index < -0.39 is 0 Å². The summed E-state index contributed by atoms with van der Waals surface area (Å²) in [5.41, 5.74) is 1.12. The first-order valence-corrected chi connectivity index (χ1v) is 7.26. The molecule has 19 heavy (non-hydrogen) atoms. The van der Waals surface area contributed by atoms with Gasteiger partial charge in [0.05, 0.1) is 25.9 Å². The predicted octanol–water partition coefficient (Wildman–Crippen LogP) is 4.25. The van der Waals surface area contributed by atoms with Gasteiger partial charge in [-0.3, -0.25) is 0 Å². The standard InChI is InChI=1S/C11H7Cl3IN3O/c1-19-4-7-8(15)10(14)18-11(17-7)9-6(13)2-5(12)3-16-9/h2-3H,4H2,1H3. The molecular weight excluding hydrogens is 423 g/mol. The molecule has 0 amide bonds. The van der Waals surface area contributed by atoms with Gasteiger partial charge in [-0.25, -0.2) is 15.0 Å². The molecule has 0 atom stereocenters. The van der Waals surface area contributed by atoms with Crippen LogP contribution in [0.1, 0.15) is 5.69 Å². The lowest BCUT2D eigenvalue weighted by atomic mass is 10.3. The molecule has 0 aliphatic rings. The van der Waals surface area contributed by atoms with Crippen molar-refractivity contribution in [1.29, 1.82) is 0 Å². The van der Waals surface area contributed by atoms with Gasteiger partial charge in [0, 0.05) is 13.3 Å². The molecule has 100 valence electrons. The average molecular weight is 430 g/mol. The summed E-state index contributed by atoms with van der Waals surface area (Å²) in [7, 11) is 1.58. The fourth-order valence-electron chi connectivity index (χ4n) is 1.38. The molecule has 0 saturated heterocycles. The minimum atomic E-state index is 0.332. The Bertz CT molecular complexity index is 624. The maximum absolute atomic E-state index is 6.08. The molecule has 0 bridgehead atoms. The molecule has 0 aromatic carbocycles. The maximum atomic E-state index is 6.08. The number of halogens is 4. The summed E-state index contributed by atoms with van der Waals surface area (Å²) in [6.07, 6.45) is 1.48. The van der Waals surface area contributed by atoms with E-state index >= 15 is 0 Å². The Kier molecular flexibility index (Phi) is 5.19. The van der Waals surface area contributed by atoms with Crippen molar-refractivity contribution in [2.45, 2.75) is 6.61 Å². The second kappa shape index (κ2) is 6.49. The minimum absolute atomic E-state index is 0.332. The van der Waals surface area contributed by atoms with Crippen molar-refractivity contribution >= 4 is 57.4 Å². The van der Waals surface area contributed by atoms with Crippen molar-refractivity contribution in [3.05, 3.63) is 36.7 Å². The first-order valence-electron chi connectivity index (χ1n) is 5.05. The van der Waals surface area contributed by atoms with Crippen molar-refractivity contribution in [3.8, 4) is 11.5 Å². The van der Waals surface area contributed by atoms with Gasteiger partial charge in [-0.05, 0) is 28.7 Å². The molecular formula is C11H7Cl3IN3O. The largest absolute Gasteiger partial charge is 0.378 e. The van der Waals surface area contributed by atoms with E-state index in [1.807, 2.05) is 0 Å². The zero-order valence-corrected chi connectivity index (χ0v) is 14.0. The van der Waals surface area contributed by atoms with Crippen LogP contribution in [0, 0.1) is 3.57 Å². The van der Waals surface area contributed by atoms with Gasteiger partial charge < -0.3 is 4.74 Å². The topological polar surface area (TPSA) is 47.9 Å². The lowest BCUT2D eigenvalue weighted by Crippen LogP contribution is -2.03. The Morgan fingerprint density at radius 1 is 1.26 bits per heavy atom. The van der Waals surface area contributed by atoms with Gasteiger partial charge >= 0.3 is 0 Å². The van der Waals surface area contributed by atoms with Gasteiger partial charge in [0.15, 0.2) is 5.82 Å². The number of ether oxygens (including phenoxy) is 1. The number of hydrogen-bond donors (Lipinski definition) is 0. The number of methoxy groups -OCH3 is 1. The molecule has 0 unspecified atom stereocenters. The summed E-state index contributed by atoms with van der Waals surface area (Å²) in [4.78, 5) is 12.7. The maximum Gasteiger partial charge on any atom is 0.181 e. The quantitative estimate of drug-likeness (QED) is 0.540. The Morgan fingerprint density at radius 3 is 2.63 bits per heavy atom. The van der Waals surface area contributed by atoms with Crippen LogP contribution in [0.3, 0.4) is 0 Å². The number of pyridine rings is 1. The highest BCUT2D eigenvalue weighted by Crippen LogP contribution is 2.28. The van der Waals surface area contributed by atoms with E-state index in [1.54, 1.807) is 13.2 Å². The second-order valence-electron chi connectivity index (χ2n) is 3.52. The van der Waals surface area contributed by atoms with Crippen molar-refractivity contribution < 1.29 is 4.74 Å². The molecule has 0 radical (unpaired) electrons. The highest BCUT2D eigenvalue weighted by atomic mass is 127. The molecule has 0 aliphatic carbocycles. The van der Waals surface area contributed by atoms with E-state index in [9.17, 15) is 0 Å². The molecule has 0 aliphatic heterocycles. The SMILES string of the molecule is COCc1nc(-c2ncc(Cl)cc2Cl)nc(Cl)c1I. The number of rotatable bonds is 3. The van der Waals surface area contributed by atoms with Crippen LogP contribution in [0.25, 0.3) is 11.5 Å². The van der Waals surface area contributed by atoms with Crippen LogP contribution < -0.4 is 0 Å². The second-order valence-corrected chi connectivity index (χ2v) is 5.80. The molecule has 2 rings (SSSR count). The van der Waals surface area contributed by atoms with E-state index in [4.69, 9.17) is 39.5 Å². The normalized spacial score (nSPS) is 10.8. The van der Waals surface area contributed by atoms with E-state index in [0.29, 0.717) is 39.0 Å². The lowest BCUT2D eigenvalue weighted by Gasteiger charge is -2.08. The zero-order chi connectivity index (χ0) is 14.0. The Labute approximate surface area is 138 Å². The van der Waals surface area contributed by atoms with Crippen LogP contribution in [0.4, 0.5) is 0 Å². The first-order chi connectivity index (χ1) is 9.02. The van der Waals surface area contributed by atoms with Crippen LogP contribution in [-0.2, 0) is 11.3 Å². The molecule has 2 heterocycles. The summed E-state index contributed by atoms with van der Waals surface area (Å²) in [5, 5.41) is 1.15. The summed E-state index contributed by atoms with van der Waals surface area (Å²) in [6, 6.07) is 1.58. The Balaban J connectivity index is 2.56. The predicted molar refractivity (Wildman–Crippen MR) is 83.7 cm³/mol. The summed E-state index contributed by atoms with van der Waals surface area (Å²) in [6.45, 7) is 0.332. The van der Waals surface area contributed by atoms with Crippen LogP contribution >= 0.6 is 57.4 Å². The monoisotopic (exact) mass is 429 g/mol. The van der Waals surface area contributed by atoms with Crippen molar-refractivity contribution in [2.75, 3.05) is 7.11 Å². The fraction of sp³-hybridized carbons (Fsp3) is 0.182. The molecule has 2 aromatic heterocycles. The molecule has 0 saturated carbocycles. The van der Waals surface area contributed by atoms with Crippen molar-refractivity contribution in [2.24, 2.45) is 0 Å². The third-order valence-electron chi connectivity index (χ3n) is 2.18. The third-order valence-corrected chi connectivity index (χ3v) is 4.40. The van der Waals surface area contributed by atoms with Gasteiger partial charge in [-0.1, -0.05) is 34.8 Å². The van der Waals surface area contributed by atoms with E-state index in [0.717, 1.165) is 3.57 Å². The molecule has 0 spiro atoms. The smallest absolute Gasteiger partial charge is 0.181 e. The van der Waals surface area contributed by atoms with Crippen LogP contribution in [-0.4, -0.2) is 22.1 Å². The fourth-order valence-corrected chi connectivity index (χ4v) is 2.43. The molecule has 0 fully saturated rings. The van der Waals surface area contributed by atoms with Gasteiger partial charge in [-0.2, -0.15) is 0 Å². The third kappa shape index (κ3) is 3.46. The molecule has 0 N–H and O–H groups in total. The summed E-state index contributed by atoms with van der Waals surface area (Å²) < 4.78 is 5.82. The molecule has 8 heteroatoms. The van der Waals surface area contributed by atoms with Crippen molar-refractivity contribution in [1.82, 2.24) is 15.0 Å². The summed E-state index contributed by atoms with van der Waals surface area (Å²) in [5.74, 6) is 0.346. The van der Waals surface area contributed by atoms with Crippen molar-refractivity contribution in [3.63, 3.8) is 0 Å². The zero-order valence-electron chi connectivity index (χ0n) is 9.62. The molecule has 4 nitrogen and oxygen atoms in total. The van der Waals surface area contributed by atoms with Gasteiger partial charge in [0.25, 0.3) is 0 Å². The number of aromatic nitrogens is 3. The van der Waals surface area contributed by atoms with E-state index in [2.05, 4.69) is 37.5 Å². The van der Waals surface area contributed by atoms with Gasteiger partial charge in [-0.15, -0.1) is 0 Å².